The van der Waals surface area contributed by atoms with Crippen LogP contribution in [0.25, 0.3) is 0 Å². The Hall–Kier alpha value is -2.20. The molecule has 0 aromatic carbocycles. The van der Waals surface area contributed by atoms with Crippen LogP contribution in [-0.2, 0) is 28.7 Å². The summed E-state index contributed by atoms with van der Waals surface area (Å²) in [4.78, 5) is 50.0. The minimum Gasteiger partial charge on any atom is -0.465 e. The summed E-state index contributed by atoms with van der Waals surface area (Å²) in [6, 6.07) is -2.26. The minimum atomic E-state index is -1.13. The lowest BCUT2D eigenvalue weighted by molar-refractivity contribution is -0.154. The van der Waals surface area contributed by atoms with E-state index in [0.717, 1.165) is 0 Å². The van der Waals surface area contributed by atoms with E-state index in [0.29, 0.717) is 0 Å². The van der Waals surface area contributed by atoms with Crippen LogP contribution in [0.1, 0.15) is 13.8 Å². The lowest BCUT2D eigenvalue weighted by Gasteiger charge is -2.43. The van der Waals surface area contributed by atoms with Crippen molar-refractivity contribution in [2.75, 3.05) is 39.4 Å². The van der Waals surface area contributed by atoms with E-state index < -0.39 is 35.8 Å². The molecule has 0 bridgehead atoms. The van der Waals surface area contributed by atoms with Crippen molar-refractivity contribution in [1.82, 2.24) is 9.80 Å². The molecule has 2 amide bonds. The molecule has 0 radical (unpaired) electrons. The molecule has 2 atom stereocenters. The lowest BCUT2D eigenvalue weighted by Crippen LogP contribution is -2.68. The highest BCUT2D eigenvalue weighted by molar-refractivity contribution is 5.92. The molecule has 1 aliphatic heterocycles. The number of hydrogen-bond donors (Lipinski definition) is 2. The molecule has 0 aromatic rings. The van der Waals surface area contributed by atoms with Crippen molar-refractivity contribution in [3.63, 3.8) is 0 Å². The van der Waals surface area contributed by atoms with Crippen molar-refractivity contribution >= 4 is 23.8 Å². The van der Waals surface area contributed by atoms with Crippen molar-refractivity contribution in [1.29, 1.82) is 0 Å². The molecular formula is C14H24N4O6. The molecule has 1 aliphatic rings. The number of carbonyl (C=O) groups is 4. The monoisotopic (exact) mass is 344 g/mol. The first-order valence-electron chi connectivity index (χ1n) is 7.69. The van der Waals surface area contributed by atoms with E-state index in [4.69, 9.17) is 20.9 Å². The first-order chi connectivity index (χ1) is 11.3. The van der Waals surface area contributed by atoms with Crippen molar-refractivity contribution in [3.8, 4) is 0 Å². The van der Waals surface area contributed by atoms with Crippen molar-refractivity contribution in [2.45, 2.75) is 25.9 Å². The predicted octanol–water partition coefficient (Wildman–Crippen LogP) is -2.56. The second-order valence-electron chi connectivity index (χ2n) is 5.25. The van der Waals surface area contributed by atoms with E-state index >= 15 is 0 Å². The van der Waals surface area contributed by atoms with Crippen LogP contribution >= 0.6 is 0 Å². The second kappa shape index (κ2) is 9.18. The van der Waals surface area contributed by atoms with Gasteiger partial charge in [0.25, 0.3) is 0 Å². The number of nitrogens with two attached hydrogens (primary N) is 2. The molecular weight excluding hydrogens is 320 g/mol. The van der Waals surface area contributed by atoms with Gasteiger partial charge in [0.05, 0.1) is 26.3 Å². The number of esters is 2. The van der Waals surface area contributed by atoms with E-state index in [1.165, 1.54) is 9.80 Å². The van der Waals surface area contributed by atoms with Crippen molar-refractivity contribution < 1.29 is 28.7 Å². The highest BCUT2D eigenvalue weighted by Crippen LogP contribution is 2.18. The van der Waals surface area contributed by atoms with Crippen LogP contribution in [0.3, 0.4) is 0 Å². The normalized spacial score (nSPS) is 21.9. The Morgan fingerprint density at radius 1 is 0.833 bits per heavy atom. The summed E-state index contributed by atoms with van der Waals surface area (Å²) in [5, 5.41) is 0. The minimum absolute atomic E-state index is 0.196. The topological polar surface area (TPSA) is 145 Å². The van der Waals surface area contributed by atoms with Gasteiger partial charge in [-0.3, -0.25) is 29.0 Å². The molecule has 24 heavy (non-hydrogen) atoms. The summed E-state index contributed by atoms with van der Waals surface area (Å²) in [7, 11) is 0. The Morgan fingerprint density at radius 3 is 1.42 bits per heavy atom. The van der Waals surface area contributed by atoms with E-state index in [2.05, 4.69) is 0 Å². The average molecular weight is 344 g/mol. The Bertz CT molecular complexity index is 454. The largest absolute Gasteiger partial charge is 0.465 e. The number of nitrogens with zero attached hydrogens (tertiary/aromatic N) is 2. The van der Waals surface area contributed by atoms with E-state index in [1.54, 1.807) is 13.8 Å². The first kappa shape index (κ1) is 19.8. The molecule has 136 valence electrons. The van der Waals surface area contributed by atoms with Crippen LogP contribution in [0.4, 0.5) is 0 Å². The first-order valence-corrected chi connectivity index (χ1v) is 7.69. The van der Waals surface area contributed by atoms with E-state index in [-0.39, 0.29) is 39.4 Å². The van der Waals surface area contributed by atoms with Gasteiger partial charge in [0, 0.05) is 13.1 Å². The molecule has 1 heterocycles. The number of amides is 2. The zero-order chi connectivity index (χ0) is 18.3. The lowest BCUT2D eigenvalue weighted by atomic mass is 9.99. The van der Waals surface area contributed by atoms with Gasteiger partial charge in [0.2, 0.25) is 11.8 Å². The summed E-state index contributed by atoms with van der Waals surface area (Å²) in [6.45, 7) is 3.81. The zero-order valence-corrected chi connectivity index (χ0v) is 13.9. The van der Waals surface area contributed by atoms with Crippen LogP contribution in [0.15, 0.2) is 0 Å². The fourth-order valence-electron chi connectivity index (χ4n) is 2.71. The summed E-state index contributed by atoms with van der Waals surface area (Å²) in [5.41, 5.74) is 10.8. The van der Waals surface area contributed by atoms with Crippen molar-refractivity contribution in [3.05, 3.63) is 0 Å². The van der Waals surface area contributed by atoms with Crippen LogP contribution < -0.4 is 11.5 Å². The number of ether oxygens (including phenoxy) is 2. The smallest absolute Gasteiger partial charge is 0.320 e. The second-order valence-corrected chi connectivity index (χ2v) is 5.25. The summed E-state index contributed by atoms with van der Waals surface area (Å²) >= 11 is 0. The third-order valence-corrected chi connectivity index (χ3v) is 3.62. The van der Waals surface area contributed by atoms with Gasteiger partial charge in [-0.1, -0.05) is 0 Å². The molecule has 1 rings (SSSR count). The van der Waals surface area contributed by atoms with Crippen LogP contribution in [0.5, 0.6) is 0 Å². The molecule has 1 saturated heterocycles. The van der Waals surface area contributed by atoms with Crippen LogP contribution in [0, 0.1) is 0 Å². The standard InChI is InChI=1S/C14H24N4O6/c1-3-23-9(19)7-17-5-6-18(8-10(20)24-4-2)12(14(16)22)11(17)13(15)21/h11-12H,3-8H2,1-2H3,(H2,15,21)(H2,16,22)/t11-,12+. The number of piperazine rings is 1. The molecule has 10 heteroatoms. The summed E-state index contributed by atoms with van der Waals surface area (Å²) < 4.78 is 9.71. The van der Waals surface area contributed by atoms with E-state index in [9.17, 15) is 19.2 Å². The van der Waals surface area contributed by atoms with Gasteiger partial charge in [-0.05, 0) is 13.8 Å². The maximum Gasteiger partial charge on any atom is 0.320 e. The van der Waals surface area contributed by atoms with Crippen LogP contribution in [0.2, 0.25) is 0 Å². The molecule has 0 unspecified atom stereocenters. The number of carbonyl (C=O) groups excluding carboxylic acids is 4. The fourth-order valence-corrected chi connectivity index (χ4v) is 2.71. The van der Waals surface area contributed by atoms with Gasteiger partial charge >= 0.3 is 11.9 Å². The third kappa shape index (κ3) is 5.17. The Labute approximate surface area is 140 Å². The Morgan fingerprint density at radius 2 is 1.17 bits per heavy atom. The SMILES string of the molecule is CCOC(=O)CN1CCN(CC(=O)OCC)[C@@H](C(N)=O)[C@H]1C(N)=O. The zero-order valence-electron chi connectivity index (χ0n) is 13.9. The van der Waals surface area contributed by atoms with Gasteiger partial charge in [-0.2, -0.15) is 0 Å². The molecule has 0 aromatic heterocycles. The fraction of sp³-hybridized carbons (Fsp3) is 0.714. The predicted molar refractivity (Wildman–Crippen MR) is 82.4 cm³/mol. The summed E-state index contributed by atoms with van der Waals surface area (Å²) in [5.74, 6) is -2.69. The Balaban J connectivity index is 2.96. The maximum absolute atomic E-state index is 11.9. The highest BCUT2D eigenvalue weighted by Gasteiger charge is 2.44. The maximum atomic E-state index is 11.9. The molecule has 0 saturated carbocycles. The number of primary amides is 2. The number of hydrogen-bond acceptors (Lipinski definition) is 8. The summed E-state index contributed by atoms with van der Waals surface area (Å²) in [6.07, 6.45) is 0. The van der Waals surface area contributed by atoms with E-state index in [1.807, 2.05) is 0 Å². The van der Waals surface area contributed by atoms with Crippen LogP contribution in [-0.4, -0.2) is 85.0 Å². The van der Waals surface area contributed by atoms with Gasteiger partial charge in [0.15, 0.2) is 0 Å². The van der Waals surface area contributed by atoms with Gasteiger partial charge in [-0.15, -0.1) is 0 Å². The average Bonchev–Trinajstić information content (AvgIpc) is 2.48. The quantitative estimate of drug-likeness (QED) is 0.457. The molecule has 1 fully saturated rings. The van der Waals surface area contributed by atoms with Crippen molar-refractivity contribution in [2.24, 2.45) is 11.5 Å². The van der Waals surface area contributed by atoms with Gasteiger partial charge < -0.3 is 20.9 Å². The highest BCUT2D eigenvalue weighted by atomic mass is 16.5. The van der Waals surface area contributed by atoms with Gasteiger partial charge in [-0.25, -0.2) is 0 Å². The molecule has 0 aliphatic carbocycles. The third-order valence-electron chi connectivity index (χ3n) is 3.62. The molecule has 10 nitrogen and oxygen atoms in total. The molecule has 0 spiro atoms. The molecule has 4 N–H and O–H groups in total. The Kier molecular flexibility index (Phi) is 7.59. The number of rotatable bonds is 8. The van der Waals surface area contributed by atoms with Gasteiger partial charge in [0.1, 0.15) is 12.1 Å².